The molecule has 6 heteroatoms. The first-order valence-electron chi connectivity index (χ1n) is 5.86. The van der Waals surface area contributed by atoms with Gasteiger partial charge in [0.1, 0.15) is 0 Å². The predicted molar refractivity (Wildman–Crippen MR) is 70.2 cm³/mol. The minimum atomic E-state index is -0.259. The van der Waals surface area contributed by atoms with E-state index in [1.54, 1.807) is 11.3 Å². The molecule has 1 aromatic rings. The van der Waals surface area contributed by atoms with Crippen LogP contribution in [0.4, 0.5) is 0 Å². The Bertz CT molecular complexity index is 454. The van der Waals surface area contributed by atoms with Gasteiger partial charge < -0.3 is 5.73 Å². The molecule has 98 valence electrons. The maximum absolute atomic E-state index is 11.4. The lowest BCUT2D eigenvalue weighted by molar-refractivity contribution is -0.137. The molecule has 1 fully saturated rings. The Morgan fingerprint density at radius 2 is 1.94 bits per heavy atom. The zero-order valence-corrected chi connectivity index (χ0v) is 11.3. The van der Waals surface area contributed by atoms with E-state index in [1.807, 2.05) is 30.9 Å². The molecule has 1 aromatic heterocycles. The largest absolute Gasteiger partial charge is 0.326 e. The van der Waals surface area contributed by atoms with Crippen LogP contribution in [0.5, 0.6) is 0 Å². The molecule has 2 amide bonds. The van der Waals surface area contributed by atoms with Gasteiger partial charge in [0.15, 0.2) is 0 Å². The number of hydrogen-bond donors (Lipinski definition) is 2. The van der Waals surface area contributed by atoms with Crippen LogP contribution in [0.15, 0.2) is 12.1 Å². The normalized spacial score (nSPS) is 20.6. The molecule has 2 rings (SSSR count). The first-order valence-corrected chi connectivity index (χ1v) is 6.67. The van der Waals surface area contributed by atoms with E-state index in [4.69, 9.17) is 5.73 Å². The number of carbonyl (C=O) groups is 2. The molecule has 2 atom stereocenters. The topological polar surface area (TPSA) is 75.4 Å². The monoisotopic (exact) mass is 267 g/mol. The Labute approximate surface area is 110 Å². The number of nitrogens with one attached hydrogen (secondary N) is 1. The van der Waals surface area contributed by atoms with Crippen molar-refractivity contribution in [3.8, 4) is 0 Å². The summed E-state index contributed by atoms with van der Waals surface area (Å²) in [5.41, 5.74) is 6.02. The summed E-state index contributed by atoms with van der Waals surface area (Å²) < 4.78 is 0. The maximum Gasteiger partial charge on any atom is 0.240 e. The van der Waals surface area contributed by atoms with Crippen LogP contribution < -0.4 is 11.1 Å². The third-order valence-electron chi connectivity index (χ3n) is 2.92. The molecule has 2 unspecified atom stereocenters. The van der Waals surface area contributed by atoms with Crippen LogP contribution in [-0.4, -0.2) is 35.8 Å². The van der Waals surface area contributed by atoms with Crippen LogP contribution >= 0.6 is 11.3 Å². The highest BCUT2D eigenvalue weighted by molar-refractivity contribution is 7.12. The fourth-order valence-corrected chi connectivity index (χ4v) is 3.37. The first kappa shape index (κ1) is 13.2. The second kappa shape index (κ2) is 5.17. The highest BCUT2D eigenvalue weighted by Crippen LogP contribution is 2.29. The van der Waals surface area contributed by atoms with Gasteiger partial charge in [-0.3, -0.25) is 19.8 Å². The molecule has 18 heavy (non-hydrogen) atoms. The summed E-state index contributed by atoms with van der Waals surface area (Å²) in [6, 6.07) is 3.83. The standard InChI is InChI=1S/C12H17N3O2S/c1-7-3-4-9(18-7)12(8(2)13)15-5-10(16)14-11(17)6-15/h3-4,8,12H,5-6,13H2,1-2H3,(H,14,16,17). The summed E-state index contributed by atoms with van der Waals surface area (Å²) >= 11 is 1.66. The fraction of sp³-hybridized carbons (Fsp3) is 0.500. The highest BCUT2D eigenvalue weighted by Gasteiger charge is 2.32. The van der Waals surface area contributed by atoms with Crippen molar-refractivity contribution in [3.63, 3.8) is 0 Å². The van der Waals surface area contributed by atoms with E-state index in [0.29, 0.717) is 0 Å². The molecule has 0 bridgehead atoms. The number of aryl methyl sites for hydroxylation is 1. The molecule has 1 saturated heterocycles. The number of imide groups is 1. The third-order valence-corrected chi connectivity index (χ3v) is 3.99. The first-order chi connectivity index (χ1) is 8.47. The highest BCUT2D eigenvalue weighted by atomic mass is 32.1. The zero-order valence-electron chi connectivity index (χ0n) is 10.5. The Kier molecular flexibility index (Phi) is 3.79. The number of amides is 2. The van der Waals surface area contributed by atoms with Crippen LogP contribution in [0.2, 0.25) is 0 Å². The molecular weight excluding hydrogens is 250 g/mol. The van der Waals surface area contributed by atoms with Gasteiger partial charge in [0, 0.05) is 15.8 Å². The Balaban J connectivity index is 2.25. The summed E-state index contributed by atoms with van der Waals surface area (Å²) in [5.74, 6) is -0.518. The Morgan fingerprint density at radius 3 is 2.39 bits per heavy atom. The average Bonchev–Trinajstić information content (AvgIpc) is 2.62. The number of hydrogen-bond acceptors (Lipinski definition) is 5. The second-order valence-corrected chi connectivity index (χ2v) is 5.95. The molecule has 0 saturated carbocycles. The van der Waals surface area contributed by atoms with Crippen LogP contribution in [0.1, 0.15) is 22.7 Å². The van der Waals surface area contributed by atoms with Gasteiger partial charge >= 0.3 is 0 Å². The second-order valence-electron chi connectivity index (χ2n) is 4.63. The molecule has 3 N–H and O–H groups in total. The lowest BCUT2D eigenvalue weighted by Gasteiger charge is -2.34. The van der Waals surface area contributed by atoms with E-state index in [-0.39, 0.29) is 37.0 Å². The molecule has 5 nitrogen and oxygen atoms in total. The summed E-state index contributed by atoms with van der Waals surface area (Å²) in [4.78, 5) is 27.0. The van der Waals surface area contributed by atoms with Crippen LogP contribution in [0, 0.1) is 6.92 Å². The van der Waals surface area contributed by atoms with Gasteiger partial charge in [-0.25, -0.2) is 0 Å². The third kappa shape index (κ3) is 2.77. The van der Waals surface area contributed by atoms with Crippen molar-refractivity contribution in [2.24, 2.45) is 5.73 Å². The molecule has 2 heterocycles. The lowest BCUT2D eigenvalue weighted by Crippen LogP contribution is -2.54. The van der Waals surface area contributed by atoms with Crippen LogP contribution in [-0.2, 0) is 9.59 Å². The van der Waals surface area contributed by atoms with Crippen molar-refractivity contribution >= 4 is 23.2 Å². The number of nitrogens with two attached hydrogens (primary N) is 1. The van der Waals surface area contributed by atoms with Crippen molar-refractivity contribution in [1.29, 1.82) is 0 Å². The Morgan fingerprint density at radius 1 is 1.33 bits per heavy atom. The van der Waals surface area contributed by atoms with Gasteiger partial charge in [-0.15, -0.1) is 11.3 Å². The molecule has 0 spiro atoms. The SMILES string of the molecule is Cc1ccc(C(C(C)N)N2CC(=O)NC(=O)C2)s1. The quantitative estimate of drug-likeness (QED) is 0.778. The maximum atomic E-state index is 11.4. The van der Waals surface area contributed by atoms with Gasteiger partial charge in [0.25, 0.3) is 0 Å². The summed E-state index contributed by atoms with van der Waals surface area (Å²) in [6.07, 6.45) is 0. The van der Waals surface area contributed by atoms with Gasteiger partial charge in [0.05, 0.1) is 19.1 Å². The molecule has 0 aliphatic carbocycles. The molecule has 0 radical (unpaired) electrons. The van der Waals surface area contributed by atoms with Gasteiger partial charge in [-0.05, 0) is 26.0 Å². The van der Waals surface area contributed by atoms with Gasteiger partial charge in [-0.1, -0.05) is 0 Å². The number of carbonyl (C=O) groups excluding carboxylic acids is 2. The summed E-state index contributed by atoms with van der Waals surface area (Å²) in [5, 5.41) is 2.30. The van der Waals surface area contributed by atoms with E-state index in [1.165, 1.54) is 4.88 Å². The van der Waals surface area contributed by atoms with E-state index in [2.05, 4.69) is 5.32 Å². The zero-order chi connectivity index (χ0) is 13.3. The van der Waals surface area contributed by atoms with E-state index < -0.39 is 0 Å². The van der Waals surface area contributed by atoms with Crippen LogP contribution in [0.25, 0.3) is 0 Å². The smallest absolute Gasteiger partial charge is 0.240 e. The molecule has 1 aliphatic heterocycles. The van der Waals surface area contributed by atoms with E-state index >= 15 is 0 Å². The van der Waals surface area contributed by atoms with E-state index in [0.717, 1.165) is 4.88 Å². The van der Waals surface area contributed by atoms with E-state index in [9.17, 15) is 9.59 Å². The van der Waals surface area contributed by atoms with Crippen molar-refractivity contribution in [2.75, 3.05) is 13.1 Å². The number of rotatable bonds is 3. The van der Waals surface area contributed by atoms with Gasteiger partial charge in [-0.2, -0.15) is 0 Å². The Hall–Kier alpha value is -1.24. The number of thiophene rings is 1. The lowest BCUT2D eigenvalue weighted by atomic mass is 10.1. The molecule has 1 aliphatic rings. The van der Waals surface area contributed by atoms with Crippen molar-refractivity contribution in [2.45, 2.75) is 25.9 Å². The van der Waals surface area contributed by atoms with Crippen LogP contribution in [0.3, 0.4) is 0 Å². The predicted octanol–water partition coefficient (Wildman–Crippen LogP) is 0.403. The number of nitrogens with zero attached hydrogens (tertiary/aromatic N) is 1. The fourth-order valence-electron chi connectivity index (χ4n) is 2.24. The van der Waals surface area contributed by atoms with Crippen molar-refractivity contribution < 1.29 is 9.59 Å². The number of piperazine rings is 1. The summed E-state index contributed by atoms with van der Waals surface area (Å²) in [7, 11) is 0. The van der Waals surface area contributed by atoms with Gasteiger partial charge in [0.2, 0.25) is 11.8 Å². The minimum Gasteiger partial charge on any atom is -0.326 e. The molecule has 0 aromatic carbocycles. The van der Waals surface area contributed by atoms with Crippen molar-refractivity contribution in [3.05, 3.63) is 21.9 Å². The van der Waals surface area contributed by atoms with Crippen molar-refractivity contribution in [1.82, 2.24) is 10.2 Å². The summed E-state index contributed by atoms with van der Waals surface area (Å²) in [6.45, 7) is 4.36. The minimum absolute atomic E-state index is 0.0845. The molecular formula is C12H17N3O2S. The average molecular weight is 267 g/mol.